The van der Waals surface area contributed by atoms with Gasteiger partial charge in [0.1, 0.15) is 5.75 Å². The molecule has 0 aliphatic heterocycles. The lowest BCUT2D eigenvalue weighted by Gasteiger charge is -2.08. The van der Waals surface area contributed by atoms with E-state index in [0.29, 0.717) is 0 Å². The first-order valence-corrected chi connectivity index (χ1v) is 5.08. The number of nitrogens with zero attached hydrogens (tertiary/aromatic N) is 1. The van der Waals surface area contributed by atoms with Crippen LogP contribution in [0.25, 0.3) is 5.57 Å². The number of carbonyl (C=O) groups is 1. The monoisotopic (exact) mass is 219 g/mol. The maximum atomic E-state index is 11.5. The highest BCUT2D eigenvalue weighted by Gasteiger charge is 2.02. The number of hydrogen-bond donors (Lipinski definition) is 0. The average molecular weight is 219 g/mol. The van der Waals surface area contributed by atoms with E-state index in [1.807, 2.05) is 31.2 Å². The van der Waals surface area contributed by atoms with Gasteiger partial charge >= 0.3 is 0 Å². The van der Waals surface area contributed by atoms with Gasteiger partial charge in [-0.2, -0.15) is 0 Å². The Kier molecular flexibility index (Phi) is 4.11. The molecule has 0 radical (unpaired) electrons. The molecule has 1 aromatic rings. The molecule has 0 fully saturated rings. The van der Waals surface area contributed by atoms with Gasteiger partial charge in [-0.05, 0) is 30.2 Å². The first kappa shape index (κ1) is 12.3. The van der Waals surface area contributed by atoms with Crippen LogP contribution in [0.2, 0.25) is 0 Å². The lowest BCUT2D eigenvalue weighted by molar-refractivity contribution is -0.123. The molecule has 0 unspecified atom stereocenters. The van der Waals surface area contributed by atoms with Crippen molar-refractivity contribution in [1.82, 2.24) is 4.90 Å². The fourth-order valence-electron chi connectivity index (χ4n) is 1.25. The van der Waals surface area contributed by atoms with Gasteiger partial charge in [-0.15, -0.1) is 0 Å². The van der Waals surface area contributed by atoms with Crippen LogP contribution < -0.4 is 4.74 Å². The molecular weight excluding hydrogens is 202 g/mol. The topological polar surface area (TPSA) is 29.5 Å². The van der Waals surface area contributed by atoms with Gasteiger partial charge in [0, 0.05) is 20.2 Å². The molecule has 3 heteroatoms. The number of hydrogen-bond acceptors (Lipinski definition) is 2. The van der Waals surface area contributed by atoms with Gasteiger partial charge in [0.05, 0.1) is 7.11 Å². The zero-order chi connectivity index (χ0) is 12.1. The predicted molar refractivity (Wildman–Crippen MR) is 65.3 cm³/mol. The Morgan fingerprint density at radius 1 is 1.25 bits per heavy atom. The van der Waals surface area contributed by atoms with Gasteiger partial charge in [0.25, 0.3) is 0 Å². The Balaban J connectivity index is 2.87. The van der Waals surface area contributed by atoms with Gasteiger partial charge in [-0.3, -0.25) is 4.79 Å². The van der Waals surface area contributed by atoms with Crippen LogP contribution in [0.15, 0.2) is 30.3 Å². The van der Waals surface area contributed by atoms with E-state index in [4.69, 9.17) is 4.74 Å². The minimum Gasteiger partial charge on any atom is -0.497 e. The maximum absolute atomic E-state index is 11.5. The molecule has 0 aliphatic carbocycles. The molecule has 16 heavy (non-hydrogen) atoms. The Morgan fingerprint density at radius 2 is 1.81 bits per heavy atom. The number of benzene rings is 1. The number of carbonyl (C=O) groups excluding carboxylic acids is 1. The smallest absolute Gasteiger partial charge is 0.246 e. The third kappa shape index (κ3) is 3.12. The minimum atomic E-state index is -0.00619. The van der Waals surface area contributed by atoms with Crippen molar-refractivity contribution >= 4 is 11.5 Å². The fourth-order valence-corrected chi connectivity index (χ4v) is 1.25. The summed E-state index contributed by atoms with van der Waals surface area (Å²) >= 11 is 0. The van der Waals surface area contributed by atoms with Crippen molar-refractivity contribution in [3.63, 3.8) is 0 Å². The van der Waals surface area contributed by atoms with E-state index in [-0.39, 0.29) is 5.91 Å². The van der Waals surface area contributed by atoms with Crippen LogP contribution in [0.1, 0.15) is 12.5 Å². The predicted octanol–water partition coefficient (Wildman–Crippen LogP) is 2.19. The number of methoxy groups -OCH3 is 1. The Bertz CT molecular complexity index is 391. The molecule has 1 amide bonds. The van der Waals surface area contributed by atoms with E-state index in [2.05, 4.69) is 0 Å². The van der Waals surface area contributed by atoms with Crippen molar-refractivity contribution in [2.45, 2.75) is 6.92 Å². The Morgan fingerprint density at radius 3 is 2.25 bits per heavy atom. The van der Waals surface area contributed by atoms with Crippen LogP contribution >= 0.6 is 0 Å². The molecule has 0 N–H and O–H groups in total. The van der Waals surface area contributed by atoms with Crippen LogP contribution in [0.3, 0.4) is 0 Å². The zero-order valence-electron chi connectivity index (χ0n) is 10.2. The summed E-state index contributed by atoms with van der Waals surface area (Å²) < 4.78 is 5.07. The van der Waals surface area contributed by atoms with Crippen molar-refractivity contribution in [2.75, 3.05) is 21.2 Å². The molecule has 0 aliphatic rings. The second-order valence-corrected chi connectivity index (χ2v) is 3.79. The molecule has 0 aromatic heterocycles. The number of ether oxygens (including phenoxy) is 1. The Hall–Kier alpha value is -1.77. The minimum absolute atomic E-state index is 0.00619. The van der Waals surface area contributed by atoms with Crippen LogP contribution in [-0.4, -0.2) is 32.0 Å². The van der Waals surface area contributed by atoms with Gasteiger partial charge < -0.3 is 9.64 Å². The SMILES string of the molecule is COc1ccc(/C(C)=C\C(=O)N(C)C)cc1. The summed E-state index contributed by atoms with van der Waals surface area (Å²) in [4.78, 5) is 13.0. The molecule has 0 saturated heterocycles. The molecule has 86 valence electrons. The second-order valence-electron chi connectivity index (χ2n) is 3.79. The van der Waals surface area contributed by atoms with Crippen LogP contribution in [-0.2, 0) is 4.79 Å². The van der Waals surface area contributed by atoms with Crippen LogP contribution in [0.5, 0.6) is 5.75 Å². The number of rotatable bonds is 3. The quantitative estimate of drug-likeness (QED) is 0.729. The van der Waals surface area contributed by atoms with E-state index in [1.54, 1.807) is 32.2 Å². The summed E-state index contributed by atoms with van der Waals surface area (Å²) in [7, 11) is 5.10. The van der Waals surface area contributed by atoms with Crippen molar-refractivity contribution in [2.24, 2.45) is 0 Å². The molecular formula is C13H17NO2. The van der Waals surface area contributed by atoms with Crippen molar-refractivity contribution in [1.29, 1.82) is 0 Å². The van der Waals surface area contributed by atoms with E-state index in [0.717, 1.165) is 16.9 Å². The van der Waals surface area contributed by atoms with Crippen molar-refractivity contribution < 1.29 is 9.53 Å². The Labute approximate surface area is 96.3 Å². The summed E-state index contributed by atoms with van der Waals surface area (Å²) in [5.74, 6) is 0.809. The summed E-state index contributed by atoms with van der Waals surface area (Å²) in [6.07, 6.45) is 1.63. The maximum Gasteiger partial charge on any atom is 0.246 e. The molecule has 0 atom stereocenters. The molecule has 3 nitrogen and oxygen atoms in total. The number of amides is 1. The summed E-state index contributed by atoms with van der Waals surface area (Å²) in [5, 5.41) is 0. The molecule has 0 heterocycles. The van der Waals surface area contributed by atoms with Gasteiger partial charge in [0.15, 0.2) is 0 Å². The highest BCUT2D eigenvalue weighted by molar-refractivity contribution is 5.94. The fraction of sp³-hybridized carbons (Fsp3) is 0.308. The van der Waals surface area contributed by atoms with Gasteiger partial charge in [-0.25, -0.2) is 0 Å². The third-order valence-electron chi connectivity index (χ3n) is 2.33. The van der Waals surface area contributed by atoms with Gasteiger partial charge in [0.2, 0.25) is 5.91 Å². The van der Waals surface area contributed by atoms with E-state index in [1.165, 1.54) is 0 Å². The van der Waals surface area contributed by atoms with Crippen molar-refractivity contribution in [3.8, 4) is 5.75 Å². The lowest BCUT2D eigenvalue weighted by atomic mass is 10.1. The normalized spacial score (nSPS) is 11.1. The van der Waals surface area contributed by atoms with Gasteiger partial charge in [-0.1, -0.05) is 12.1 Å². The summed E-state index contributed by atoms with van der Waals surface area (Å²) in [6.45, 7) is 1.92. The lowest BCUT2D eigenvalue weighted by Crippen LogP contribution is -2.19. The molecule has 1 aromatic carbocycles. The van der Waals surface area contributed by atoms with Crippen molar-refractivity contribution in [3.05, 3.63) is 35.9 Å². The van der Waals surface area contributed by atoms with E-state index < -0.39 is 0 Å². The first-order valence-electron chi connectivity index (χ1n) is 5.08. The van der Waals surface area contributed by atoms with Crippen LogP contribution in [0.4, 0.5) is 0 Å². The zero-order valence-corrected chi connectivity index (χ0v) is 10.2. The summed E-state index contributed by atoms with van der Waals surface area (Å²) in [5.41, 5.74) is 1.97. The first-order chi connectivity index (χ1) is 7.54. The molecule has 0 spiro atoms. The summed E-state index contributed by atoms with van der Waals surface area (Å²) in [6, 6.07) is 7.64. The molecule has 0 bridgehead atoms. The second kappa shape index (κ2) is 5.35. The molecule has 1 rings (SSSR count). The third-order valence-corrected chi connectivity index (χ3v) is 2.33. The highest BCUT2D eigenvalue weighted by atomic mass is 16.5. The molecule has 0 saturated carbocycles. The number of likely N-dealkylation sites (N-methyl/N-ethyl adjacent to an activating group) is 1. The van der Waals surface area contributed by atoms with E-state index >= 15 is 0 Å². The van der Waals surface area contributed by atoms with E-state index in [9.17, 15) is 4.79 Å². The number of allylic oxidation sites excluding steroid dienone is 1. The average Bonchev–Trinajstić information content (AvgIpc) is 2.28. The van der Waals surface area contributed by atoms with Crippen LogP contribution in [0, 0.1) is 0 Å². The standard InChI is InChI=1S/C13H17NO2/c1-10(9-13(15)14(2)3)11-5-7-12(16-4)8-6-11/h5-9H,1-4H3/b10-9-. The largest absolute Gasteiger partial charge is 0.497 e. The highest BCUT2D eigenvalue weighted by Crippen LogP contribution is 2.18.